The van der Waals surface area contributed by atoms with Crippen molar-refractivity contribution in [3.05, 3.63) is 0 Å². The molecule has 4 atom stereocenters. The molecule has 5 nitrogen and oxygen atoms in total. The second-order valence-corrected chi connectivity index (χ2v) is 6.02. The largest absolute Gasteiger partial charge is 0.465 e. The Bertz CT molecular complexity index is 382. The Hall–Kier alpha value is -1.26. The third-order valence-corrected chi connectivity index (χ3v) is 4.75. The number of amides is 1. The summed E-state index contributed by atoms with van der Waals surface area (Å²) in [5.41, 5.74) is 0.640. The predicted molar refractivity (Wildman–Crippen MR) is 61.3 cm³/mol. The highest BCUT2D eigenvalue weighted by molar-refractivity contribution is 5.87. The van der Waals surface area contributed by atoms with E-state index in [2.05, 4.69) is 10.5 Å². The van der Waals surface area contributed by atoms with Gasteiger partial charge in [0, 0.05) is 11.5 Å². The Kier molecular flexibility index (Phi) is 2.31. The van der Waals surface area contributed by atoms with E-state index in [0.29, 0.717) is 11.8 Å². The molecular formula is C12H18N2O3. The molecule has 4 aliphatic rings. The molecule has 0 aliphatic heterocycles. The molecule has 0 saturated heterocycles. The summed E-state index contributed by atoms with van der Waals surface area (Å²) >= 11 is 0. The first-order valence-electron chi connectivity index (χ1n) is 6.32. The van der Waals surface area contributed by atoms with E-state index in [1.807, 2.05) is 0 Å². The van der Waals surface area contributed by atoms with Gasteiger partial charge in [0.05, 0.1) is 5.71 Å². The van der Waals surface area contributed by atoms with Gasteiger partial charge in [0.1, 0.15) is 0 Å². The molecule has 3 N–H and O–H groups in total. The van der Waals surface area contributed by atoms with Crippen LogP contribution in [-0.4, -0.2) is 27.7 Å². The van der Waals surface area contributed by atoms with Gasteiger partial charge in [-0.25, -0.2) is 4.79 Å². The minimum atomic E-state index is -0.922. The van der Waals surface area contributed by atoms with E-state index in [1.165, 1.54) is 6.42 Å². The van der Waals surface area contributed by atoms with Crippen molar-refractivity contribution in [1.29, 1.82) is 0 Å². The van der Waals surface area contributed by atoms with Crippen molar-refractivity contribution in [3.8, 4) is 0 Å². The Balaban J connectivity index is 1.93. The molecule has 0 spiro atoms. The van der Waals surface area contributed by atoms with Crippen molar-refractivity contribution in [2.75, 3.05) is 0 Å². The molecule has 0 heterocycles. The van der Waals surface area contributed by atoms with E-state index < -0.39 is 6.09 Å². The molecule has 1 amide bonds. The van der Waals surface area contributed by atoms with Crippen LogP contribution in [0.3, 0.4) is 0 Å². The van der Waals surface area contributed by atoms with E-state index in [9.17, 15) is 4.79 Å². The maximum atomic E-state index is 11.0. The zero-order valence-corrected chi connectivity index (χ0v) is 9.72. The fourth-order valence-electron chi connectivity index (χ4n) is 4.50. The Morgan fingerprint density at radius 3 is 2.76 bits per heavy atom. The van der Waals surface area contributed by atoms with E-state index in [1.54, 1.807) is 0 Å². The average Bonchev–Trinajstić information content (AvgIpc) is 2.39. The SMILES string of the molecule is O=C(O)NC12CC3C/C(=N/O)C(CC(C3)C1)C2. The van der Waals surface area contributed by atoms with Crippen molar-refractivity contribution >= 4 is 11.8 Å². The summed E-state index contributed by atoms with van der Waals surface area (Å²) < 4.78 is 0. The van der Waals surface area contributed by atoms with Gasteiger partial charge in [0.25, 0.3) is 0 Å². The minimum absolute atomic E-state index is 0.255. The molecule has 4 saturated carbocycles. The highest BCUT2D eigenvalue weighted by atomic mass is 16.4. The van der Waals surface area contributed by atoms with E-state index in [-0.39, 0.29) is 11.5 Å². The quantitative estimate of drug-likeness (QED) is 0.483. The fourth-order valence-corrected chi connectivity index (χ4v) is 4.50. The Morgan fingerprint density at radius 2 is 2.06 bits per heavy atom. The lowest BCUT2D eigenvalue weighted by atomic mass is 9.63. The lowest BCUT2D eigenvalue weighted by molar-refractivity contribution is 0.0756. The highest BCUT2D eigenvalue weighted by Gasteiger charge is 2.51. The predicted octanol–water partition coefficient (Wildman–Crippen LogP) is 2.05. The number of nitrogens with one attached hydrogen (secondary N) is 1. The molecule has 17 heavy (non-hydrogen) atoms. The Labute approximate surface area is 99.9 Å². The van der Waals surface area contributed by atoms with Crippen LogP contribution in [0.2, 0.25) is 0 Å². The summed E-state index contributed by atoms with van der Waals surface area (Å²) in [4.78, 5) is 11.0. The van der Waals surface area contributed by atoms with Crippen molar-refractivity contribution in [1.82, 2.24) is 5.32 Å². The van der Waals surface area contributed by atoms with Crippen LogP contribution in [0, 0.1) is 17.8 Å². The molecule has 4 fully saturated rings. The number of carbonyl (C=O) groups is 1. The average molecular weight is 238 g/mol. The summed E-state index contributed by atoms with van der Waals surface area (Å²) in [6.07, 6.45) is 4.84. The zero-order valence-electron chi connectivity index (χ0n) is 9.72. The number of nitrogens with zero attached hydrogens (tertiary/aromatic N) is 1. The molecule has 4 bridgehead atoms. The van der Waals surface area contributed by atoms with Crippen LogP contribution in [0.4, 0.5) is 4.79 Å². The normalized spacial score (nSPS) is 45.9. The standard InChI is InChI=1S/C12H18N2O3/c15-11(16)13-12-4-7-1-8(5-12)3-10(14-17)9(2-7)6-12/h7-9,13,17H,1-6H2,(H,15,16)/b14-10-. The van der Waals surface area contributed by atoms with Crippen LogP contribution < -0.4 is 5.32 Å². The monoisotopic (exact) mass is 238 g/mol. The number of hydrogen-bond donors (Lipinski definition) is 3. The topological polar surface area (TPSA) is 81.9 Å². The van der Waals surface area contributed by atoms with Gasteiger partial charge in [0.2, 0.25) is 0 Å². The molecule has 4 aliphatic carbocycles. The van der Waals surface area contributed by atoms with Crippen molar-refractivity contribution in [2.24, 2.45) is 22.9 Å². The second kappa shape index (κ2) is 3.62. The van der Waals surface area contributed by atoms with Gasteiger partial charge in [-0.2, -0.15) is 0 Å². The van der Waals surface area contributed by atoms with Crippen LogP contribution in [0.5, 0.6) is 0 Å². The number of rotatable bonds is 1. The lowest BCUT2D eigenvalue weighted by Gasteiger charge is -2.47. The van der Waals surface area contributed by atoms with Crippen LogP contribution >= 0.6 is 0 Å². The molecule has 4 rings (SSSR count). The molecule has 94 valence electrons. The van der Waals surface area contributed by atoms with Crippen LogP contribution in [0.25, 0.3) is 0 Å². The molecule has 0 radical (unpaired) electrons. The van der Waals surface area contributed by atoms with Crippen LogP contribution in [0.1, 0.15) is 38.5 Å². The third kappa shape index (κ3) is 1.77. The molecule has 0 aromatic rings. The van der Waals surface area contributed by atoms with Crippen LogP contribution in [0.15, 0.2) is 5.16 Å². The number of oxime groups is 1. The second-order valence-electron chi connectivity index (χ2n) is 6.02. The number of carboxylic acid groups (broad SMARTS) is 1. The number of hydrogen-bond acceptors (Lipinski definition) is 3. The van der Waals surface area contributed by atoms with Gasteiger partial charge in [0.15, 0.2) is 0 Å². The van der Waals surface area contributed by atoms with Crippen molar-refractivity contribution in [2.45, 2.75) is 44.1 Å². The summed E-state index contributed by atoms with van der Waals surface area (Å²) in [7, 11) is 0. The maximum absolute atomic E-state index is 11.0. The van der Waals surface area contributed by atoms with Gasteiger partial charge >= 0.3 is 6.09 Å². The van der Waals surface area contributed by atoms with Gasteiger partial charge < -0.3 is 15.6 Å². The zero-order chi connectivity index (χ0) is 12.0. The van der Waals surface area contributed by atoms with E-state index in [0.717, 1.165) is 37.8 Å². The number of fused-ring (bicyclic) bond motifs is 1. The molecule has 5 heteroatoms. The van der Waals surface area contributed by atoms with Gasteiger partial charge in [-0.15, -0.1) is 0 Å². The summed E-state index contributed by atoms with van der Waals surface area (Å²) in [5.74, 6) is 1.36. The fraction of sp³-hybridized carbons (Fsp3) is 0.833. The summed E-state index contributed by atoms with van der Waals surface area (Å²) in [6, 6.07) is 0. The van der Waals surface area contributed by atoms with Gasteiger partial charge in [-0.05, 0) is 50.4 Å². The minimum Gasteiger partial charge on any atom is -0.465 e. The van der Waals surface area contributed by atoms with Gasteiger partial charge in [-0.1, -0.05) is 5.16 Å². The Morgan fingerprint density at radius 1 is 1.29 bits per heavy atom. The lowest BCUT2D eigenvalue weighted by Crippen LogP contribution is -2.55. The van der Waals surface area contributed by atoms with E-state index >= 15 is 0 Å². The van der Waals surface area contributed by atoms with E-state index in [4.69, 9.17) is 10.3 Å². The molecule has 4 unspecified atom stereocenters. The van der Waals surface area contributed by atoms with Crippen molar-refractivity contribution in [3.63, 3.8) is 0 Å². The van der Waals surface area contributed by atoms with Gasteiger partial charge in [-0.3, -0.25) is 0 Å². The van der Waals surface area contributed by atoms with Crippen LogP contribution in [-0.2, 0) is 0 Å². The summed E-state index contributed by atoms with van der Waals surface area (Å²) in [6.45, 7) is 0. The molecule has 0 aromatic carbocycles. The third-order valence-electron chi connectivity index (χ3n) is 4.75. The summed E-state index contributed by atoms with van der Waals surface area (Å²) in [5, 5.41) is 24.3. The van der Waals surface area contributed by atoms with Crippen molar-refractivity contribution < 1.29 is 15.1 Å². The molecular weight excluding hydrogens is 220 g/mol. The first-order valence-corrected chi connectivity index (χ1v) is 6.32. The molecule has 0 aromatic heterocycles. The maximum Gasteiger partial charge on any atom is 0.405 e. The highest BCUT2D eigenvalue weighted by Crippen LogP contribution is 2.52. The smallest absolute Gasteiger partial charge is 0.405 e. The first-order chi connectivity index (χ1) is 8.10. The first kappa shape index (κ1) is 10.9.